The average Bonchev–Trinajstić information content (AvgIpc) is 4.41. The van der Waals surface area contributed by atoms with E-state index < -0.39 is 0 Å². The van der Waals surface area contributed by atoms with E-state index in [-0.39, 0.29) is 24.3 Å². The van der Waals surface area contributed by atoms with E-state index in [0.29, 0.717) is 32.7 Å². The summed E-state index contributed by atoms with van der Waals surface area (Å²) in [6, 6.07) is 16.1. The van der Waals surface area contributed by atoms with Gasteiger partial charge in [-0.25, -0.2) is 33.5 Å². The van der Waals surface area contributed by atoms with Gasteiger partial charge in [0.2, 0.25) is 0 Å². The van der Waals surface area contributed by atoms with E-state index >= 15 is 0 Å². The molecule has 12 rings (SSSR count). The molecule has 78 heavy (non-hydrogen) atoms. The van der Waals surface area contributed by atoms with Crippen LogP contribution in [0.3, 0.4) is 0 Å². The Morgan fingerprint density at radius 3 is 1.60 bits per heavy atom. The fourth-order valence-electron chi connectivity index (χ4n) is 9.60. The molecular weight excluding hydrogens is 1040 g/mol. The molecule has 8 aromatic rings. The molecule has 0 saturated carbocycles. The van der Waals surface area contributed by atoms with Crippen LogP contribution in [0.25, 0.3) is 41.3 Å². The van der Waals surface area contributed by atoms with Crippen molar-refractivity contribution < 1.29 is 27.8 Å². The van der Waals surface area contributed by atoms with Crippen LogP contribution in [0.2, 0.25) is 0 Å². The Labute approximate surface area is 459 Å². The van der Waals surface area contributed by atoms with Gasteiger partial charge in [0.05, 0.1) is 72.3 Å². The molecule has 0 spiro atoms. The topological polar surface area (TPSA) is 184 Å². The van der Waals surface area contributed by atoms with Crippen molar-refractivity contribution >= 4 is 60.8 Å². The van der Waals surface area contributed by atoms with Crippen LogP contribution in [0.15, 0.2) is 98.1 Å². The molecule has 2 aromatic carbocycles. The molecule has 4 saturated heterocycles. The number of hydrogen-bond donors (Lipinski definition) is 1. The zero-order valence-corrected chi connectivity index (χ0v) is 45.1. The van der Waals surface area contributed by atoms with Gasteiger partial charge in [0.25, 0.3) is 6.26 Å². The van der Waals surface area contributed by atoms with Crippen LogP contribution in [0.4, 0.5) is 25.2 Å². The van der Waals surface area contributed by atoms with Crippen LogP contribution in [0.5, 0.6) is 0 Å². The Balaban J connectivity index is 0.000000153. The summed E-state index contributed by atoms with van der Waals surface area (Å²) in [5.74, 6) is 1.43. The number of aromatic nitrogens is 8. The molecule has 0 aliphatic carbocycles. The summed E-state index contributed by atoms with van der Waals surface area (Å²) in [6.45, 7) is 16.3. The van der Waals surface area contributed by atoms with Gasteiger partial charge in [0, 0.05) is 118 Å². The van der Waals surface area contributed by atoms with Gasteiger partial charge in [-0.3, -0.25) is 19.2 Å². The summed E-state index contributed by atoms with van der Waals surface area (Å²) >= 11 is 3.46. The summed E-state index contributed by atoms with van der Waals surface area (Å²) in [5, 5.41) is 20.1. The maximum absolute atomic E-state index is 13.1. The van der Waals surface area contributed by atoms with E-state index in [0.717, 1.165) is 146 Å². The zero-order valence-electron chi connectivity index (χ0n) is 43.5. The number of carbonyl (C=O) groups excluding carboxylic acids is 1. The molecule has 4 fully saturated rings. The number of halogens is 2. The third kappa shape index (κ3) is 14.5. The number of benzene rings is 2. The molecule has 2 amide bonds. The first-order valence-corrected chi connectivity index (χ1v) is 28.1. The second kappa shape index (κ2) is 26.9. The van der Waals surface area contributed by atoms with E-state index in [1.165, 1.54) is 59.4 Å². The summed E-state index contributed by atoms with van der Waals surface area (Å²) in [4.78, 5) is 44.6. The lowest BCUT2D eigenvalue weighted by Crippen LogP contribution is -2.51. The standard InChI is InChI=1S/C27H31FN8O2S.C20H26N6OS.C8H6FNO/c28-22-3-1-20(2-4-22)16-29-27(37)35-8-6-34(7-9-35)26-25-23(30-19-31-26)15-24(39-25)21-17-32-36(18-21)10-5-33-11-13-38-14-12-33;1-2-4-25(5-3-1)20-19-17(21-15-22-20)12-18(28-19)16-13-23-26(14-16)7-6-24-8-10-27-11-9-24;9-8-3-1-7(2-4-8)5-11-6-10/h1-4,15,17-19H,5-14,16H2,(H,29,37);12-15H,1-11H2;1-4H,5H2. The van der Waals surface area contributed by atoms with Crippen LogP contribution in [-0.2, 0) is 40.5 Å². The van der Waals surface area contributed by atoms with Crippen LogP contribution >= 0.6 is 22.7 Å². The van der Waals surface area contributed by atoms with E-state index in [9.17, 15) is 13.6 Å². The molecule has 1 N–H and O–H groups in total. The number of hydrogen-bond acceptors (Lipinski definition) is 17. The molecule has 19 nitrogen and oxygen atoms in total. The third-order valence-corrected chi connectivity index (χ3v) is 16.4. The third-order valence-electron chi connectivity index (χ3n) is 14.0. The number of amides is 2. The zero-order chi connectivity index (χ0) is 53.5. The summed E-state index contributed by atoms with van der Waals surface area (Å²) in [7, 11) is 0. The number of urea groups is 1. The first-order chi connectivity index (χ1) is 38.3. The van der Waals surface area contributed by atoms with Gasteiger partial charge in [-0.15, -0.1) is 22.7 Å². The predicted molar refractivity (Wildman–Crippen MR) is 297 cm³/mol. The SMILES string of the molecule is N#COCc1ccc(F)cc1.O=C(NCc1ccc(F)cc1)N1CCN(c2ncnc3cc(-c4cnn(CCN5CCOCC5)c4)sc23)CC1.c1nc(N2CCCCC2)c2sc(-c3cnn(CCN4CCOCC4)c3)cc2n1. The molecule has 0 atom stereocenters. The van der Waals surface area contributed by atoms with E-state index in [4.69, 9.17) is 14.7 Å². The smallest absolute Gasteiger partial charge is 0.317 e. The largest absolute Gasteiger partial charge is 0.423 e. The lowest BCUT2D eigenvalue weighted by atomic mass is 10.1. The van der Waals surface area contributed by atoms with Gasteiger partial charge in [-0.1, -0.05) is 24.3 Å². The van der Waals surface area contributed by atoms with Crippen molar-refractivity contribution in [1.82, 2.24) is 59.5 Å². The molecule has 0 bridgehead atoms. The van der Waals surface area contributed by atoms with Crippen LogP contribution in [0, 0.1) is 23.2 Å². The fraction of sp³-hybridized carbons (Fsp3) is 0.418. The number of piperidine rings is 1. The number of nitriles is 1. The molecule has 4 aliphatic rings. The van der Waals surface area contributed by atoms with Crippen molar-refractivity contribution in [1.29, 1.82) is 5.26 Å². The number of ether oxygens (including phenoxy) is 3. The minimum absolute atomic E-state index is 0.115. The van der Waals surface area contributed by atoms with Crippen molar-refractivity contribution in [3.63, 3.8) is 0 Å². The number of piperazine rings is 1. The number of fused-ring (bicyclic) bond motifs is 2. The summed E-state index contributed by atoms with van der Waals surface area (Å²) < 4.78 is 47.0. The number of anilines is 2. The van der Waals surface area contributed by atoms with Gasteiger partial charge in [0.15, 0.2) is 0 Å². The van der Waals surface area contributed by atoms with Gasteiger partial charge in [0.1, 0.15) is 42.5 Å². The molecule has 10 heterocycles. The highest BCUT2D eigenvalue weighted by molar-refractivity contribution is 7.23. The Kier molecular flexibility index (Phi) is 18.7. The minimum Gasteiger partial charge on any atom is -0.423 e. The normalized spacial score (nSPS) is 16.3. The monoisotopic (exact) mass is 1100 g/mol. The van der Waals surface area contributed by atoms with Crippen LogP contribution < -0.4 is 15.1 Å². The van der Waals surface area contributed by atoms with Gasteiger partial charge < -0.3 is 34.2 Å². The average molecular weight is 1100 g/mol. The van der Waals surface area contributed by atoms with Crippen molar-refractivity contribution in [2.45, 2.75) is 45.5 Å². The van der Waals surface area contributed by atoms with Gasteiger partial charge in [-0.05, 0) is 66.8 Å². The highest BCUT2D eigenvalue weighted by atomic mass is 32.1. The van der Waals surface area contributed by atoms with Crippen molar-refractivity contribution in [3.05, 3.63) is 121 Å². The molecule has 0 unspecified atom stereocenters. The van der Waals surface area contributed by atoms with Crippen LogP contribution in [0.1, 0.15) is 30.4 Å². The predicted octanol–water partition coefficient (Wildman–Crippen LogP) is 7.76. The Morgan fingerprint density at radius 1 is 0.615 bits per heavy atom. The van der Waals surface area contributed by atoms with E-state index in [1.54, 1.807) is 59.6 Å². The lowest BCUT2D eigenvalue weighted by molar-refractivity contribution is 0.0359. The highest BCUT2D eigenvalue weighted by Gasteiger charge is 2.25. The quantitative estimate of drug-likeness (QED) is 0.104. The highest BCUT2D eigenvalue weighted by Crippen LogP contribution is 2.39. The molecular formula is C55H63F2N15O4S2. The van der Waals surface area contributed by atoms with Crippen molar-refractivity contribution in [2.24, 2.45) is 0 Å². The van der Waals surface area contributed by atoms with Crippen molar-refractivity contribution in [2.75, 3.05) is 115 Å². The first kappa shape index (κ1) is 54.2. The van der Waals surface area contributed by atoms with Gasteiger partial charge in [-0.2, -0.15) is 15.5 Å². The maximum Gasteiger partial charge on any atom is 0.317 e. The Morgan fingerprint density at radius 2 is 1.10 bits per heavy atom. The number of carbonyl (C=O) groups is 1. The minimum atomic E-state index is -0.286. The Bertz CT molecular complexity index is 3210. The number of rotatable bonds is 14. The van der Waals surface area contributed by atoms with Crippen molar-refractivity contribution in [3.8, 4) is 27.1 Å². The van der Waals surface area contributed by atoms with E-state index in [1.807, 2.05) is 26.7 Å². The fourth-order valence-corrected chi connectivity index (χ4v) is 11.8. The summed E-state index contributed by atoms with van der Waals surface area (Å²) in [6.07, 6.45) is 16.8. The first-order valence-electron chi connectivity index (χ1n) is 26.5. The van der Waals surface area contributed by atoms with Gasteiger partial charge >= 0.3 is 6.03 Å². The van der Waals surface area contributed by atoms with E-state index in [2.05, 4.69) is 84.3 Å². The van der Waals surface area contributed by atoms with Crippen LogP contribution in [-0.4, -0.2) is 165 Å². The lowest BCUT2D eigenvalue weighted by Gasteiger charge is -2.35. The number of nitrogens with zero attached hydrogens (tertiary/aromatic N) is 14. The molecule has 408 valence electrons. The maximum atomic E-state index is 13.1. The Hall–Kier alpha value is -7.20. The summed E-state index contributed by atoms with van der Waals surface area (Å²) in [5.41, 5.74) is 5.84. The second-order valence-electron chi connectivity index (χ2n) is 19.3. The molecule has 4 aliphatic heterocycles. The molecule has 23 heteroatoms. The number of morpholine rings is 2. The second-order valence-corrected chi connectivity index (χ2v) is 21.4. The number of nitrogens with one attached hydrogen (secondary N) is 1. The number of thiophene rings is 2. The molecule has 0 radical (unpaired) electrons. The molecule has 6 aromatic heterocycles.